The third-order valence-corrected chi connectivity index (χ3v) is 7.40. The van der Waals surface area contributed by atoms with Crippen LogP contribution in [0.1, 0.15) is 78.1 Å². The average molecular weight is 373 g/mol. The summed E-state index contributed by atoms with van der Waals surface area (Å²) in [5, 5.41) is 0. The average Bonchev–Trinajstić information content (AvgIpc) is 2.59. The zero-order valence-corrected chi connectivity index (χ0v) is 17.8. The summed E-state index contributed by atoms with van der Waals surface area (Å²) in [5.41, 5.74) is 0. The van der Waals surface area contributed by atoms with E-state index in [1.165, 1.54) is 57.4 Å². The molecule has 4 nitrogen and oxygen atoms in total. The Bertz CT molecular complexity index is 328. The van der Waals surface area contributed by atoms with Crippen molar-refractivity contribution in [3.8, 4) is 0 Å². The second-order valence-corrected chi connectivity index (χ2v) is 10.0. The highest BCUT2D eigenvalue weighted by Crippen LogP contribution is 2.19. The highest BCUT2D eigenvalue weighted by molar-refractivity contribution is 6.66. The number of hydrogen-bond acceptors (Lipinski definition) is 4. The van der Waals surface area contributed by atoms with Gasteiger partial charge in [0, 0.05) is 19.3 Å². The summed E-state index contributed by atoms with van der Waals surface area (Å²) in [6, 6.07) is 1.12. The predicted molar refractivity (Wildman–Crippen MR) is 107 cm³/mol. The molecule has 0 rings (SSSR count). The first-order chi connectivity index (χ1) is 12.1. The lowest BCUT2D eigenvalue weighted by molar-refractivity contribution is -0.137. The molecule has 0 spiro atoms. The summed E-state index contributed by atoms with van der Waals surface area (Å²) in [5.74, 6) is -0.314. The van der Waals surface area contributed by atoms with Crippen molar-refractivity contribution in [2.24, 2.45) is 0 Å². The quantitative estimate of drug-likeness (QED) is 0.133. The number of carbonyl (C=O) groups excluding carboxylic acids is 1. The van der Waals surface area contributed by atoms with E-state index in [4.69, 9.17) is 13.6 Å². The van der Waals surface area contributed by atoms with E-state index in [1.807, 2.05) is 0 Å². The maximum Gasteiger partial charge on any atom is 0.334 e. The molecule has 0 bridgehead atoms. The van der Waals surface area contributed by atoms with Gasteiger partial charge in [0.15, 0.2) is 0 Å². The van der Waals surface area contributed by atoms with Gasteiger partial charge in [0.05, 0.1) is 6.61 Å². The Morgan fingerprint density at radius 2 is 1.28 bits per heavy atom. The number of unbranched alkanes of at least 4 members (excludes halogenated alkanes) is 9. The fourth-order valence-electron chi connectivity index (χ4n) is 2.99. The third-order valence-electron chi connectivity index (χ3n) is 4.34. The van der Waals surface area contributed by atoms with Crippen LogP contribution >= 0.6 is 0 Å². The molecule has 0 aliphatic carbocycles. The molecule has 148 valence electrons. The maximum atomic E-state index is 10.9. The van der Waals surface area contributed by atoms with Gasteiger partial charge >= 0.3 is 14.5 Å². The Kier molecular flexibility index (Phi) is 16.4. The van der Waals surface area contributed by atoms with Crippen LogP contribution in [0.5, 0.6) is 0 Å². The SMILES string of the molecule is C=CC(=O)OCCCCCCCCCCCC[Si](C)(OCC)OCC. The molecule has 0 N–H and O–H groups in total. The molecule has 0 saturated carbocycles. The molecule has 25 heavy (non-hydrogen) atoms. The van der Waals surface area contributed by atoms with Gasteiger partial charge in [0.25, 0.3) is 0 Å². The summed E-state index contributed by atoms with van der Waals surface area (Å²) in [7, 11) is -1.89. The number of carbonyl (C=O) groups is 1. The molecule has 0 unspecified atom stereocenters. The van der Waals surface area contributed by atoms with Gasteiger partial charge in [-0.2, -0.15) is 0 Å². The lowest BCUT2D eigenvalue weighted by Crippen LogP contribution is -2.38. The Labute approximate surface area is 156 Å². The predicted octanol–water partition coefficient (Wildman–Crippen LogP) is 5.76. The van der Waals surface area contributed by atoms with E-state index in [2.05, 4.69) is 27.0 Å². The van der Waals surface area contributed by atoms with Crippen LogP contribution in [0.3, 0.4) is 0 Å². The van der Waals surface area contributed by atoms with E-state index >= 15 is 0 Å². The van der Waals surface area contributed by atoms with Crippen LogP contribution in [0.2, 0.25) is 12.6 Å². The van der Waals surface area contributed by atoms with Gasteiger partial charge in [-0.25, -0.2) is 4.79 Å². The summed E-state index contributed by atoms with van der Waals surface area (Å²) in [4.78, 5) is 10.9. The van der Waals surface area contributed by atoms with E-state index < -0.39 is 8.56 Å². The number of hydrogen-bond donors (Lipinski definition) is 0. The molecular weight excluding hydrogens is 332 g/mol. The Morgan fingerprint density at radius 1 is 0.840 bits per heavy atom. The Hall–Kier alpha value is -0.653. The van der Waals surface area contributed by atoms with Crippen molar-refractivity contribution in [3.05, 3.63) is 12.7 Å². The van der Waals surface area contributed by atoms with E-state index in [-0.39, 0.29) is 5.97 Å². The molecule has 0 aromatic carbocycles. The van der Waals surface area contributed by atoms with E-state index in [9.17, 15) is 4.79 Å². The van der Waals surface area contributed by atoms with Crippen molar-refractivity contribution in [1.29, 1.82) is 0 Å². The van der Waals surface area contributed by atoms with Crippen LogP contribution in [0, 0.1) is 0 Å². The van der Waals surface area contributed by atoms with Crippen LogP contribution in [0.4, 0.5) is 0 Å². The molecule has 0 aliphatic rings. The van der Waals surface area contributed by atoms with Crippen molar-refractivity contribution < 1.29 is 18.4 Å². The first kappa shape index (κ1) is 24.3. The number of rotatable bonds is 18. The lowest BCUT2D eigenvalue weighted by Gasteiger charge is -2.25. The van der Waals surface area contributed by atoms with Crippen LogP contribution in [-0.2, 0) is 18.4 Å². The van der Waals surface area contributed by atoms with Gasteiger partial charge < -0.3 is 13.6 Å². The molecule has 0 saturated heterocycles. The summed E-state index contributed by atoms with van der Waals surface area (Å²) < 4.78 is 16.7. The van der Waals surface area contributed by atoms with Crippen molar-refractivity contribution in [2.45, 2.75) is 90.6 Å². The highest BCUT2D eigenvalue weighted by atomic mass is 28.4. The molecule has 0 aromatic heterocycles. The second-order valence-electron chi connectivity index (χ2n) is 6.66. The molecule has 0 aromatic rings. The largest absolute Gasteiger partial charge is 0.463 e. The van der Waals surface area contributed by atoms with Crippen molar-refractivity contribution in [3.63, 3.8) is 0 Å². The van der Waals surface area contributed by atoms with Crippen molar-refractivity contribution >= 4 is 14.5 Å². The van der Waals surface area contributed by atoms with Gasteiger partial charge in [-0.05, 0) is 32.9 Å². The molecule has 0 radical (unpaired) electrons. The molecule has 0 fully saturated rings. The third kappa shape index (κ3) is 15.3. The van der Waals surface area contributed by atoms with Gasteiger partial charge in [-0.3, -0.25) is 0 Å². The zero-order valence-electron chi connectivity index (χ0n) is 16.8. The summed E-state index contributed by atoms with van der Waals surface area (Å²) >= 11 is 0. The van der Waals surface area contributed by atoms with Crippen LogP contribution in [-0.4, -0.2) is 34.4 Å². The highest BCUT2D eigenvalue weighted by Gasteiger charge is 2.29. The Balaban J connectivity index is 3.36. The van der Waals surface area contributed by atoms with Gasteiger partial charge in [-0.15, -0.1) is 0 Å². The molecular formula is C20H40O4Si. The van der Waals surface area contributed by atoms with E-state index in [1.54, 1.807) is 0 Å². The van der Waals surface area contributed by atoms with Crippen LogP contribution in [0.25, 0.3) is 0 Å². The number of ether oxygens (including phenoxy) is 1. The van der Waals surface area contributed by atoms with Crippen LogP contribution in [0.15, 0.2) is 12.7 Å². The molecule has 0 heterocycles. The fourth-order valence-corrected chi connectivity index (χ4v) is 5.48. The molecule has 0 aliphatic heterocycles. The minimum Gasteiger partial charge on any atom is -0.463 e. The lowest BCUT2D eigenvalue weighted by atomic mass is 10.1. The topological polar surface area (TPSA) is 44.8 Å². The van der Waals surface area contributed by atoms with Gasteiger partial charge in [-0.1, -0.05) is 64.4 Å². The normalized spacial score (nSPS) is 11.5. The smallest absolute Gasteiger partial charge is 0.334 e. The first-order valence-corrected chi connectivity index (χ1v) is 12.7. The standard InChI is InChI=1S/C20H40O4Si/c1-5-20(21)22-18-16-14-12-10-8-9-11-13-15-17-19-25(4,23-6-2)24-7-3/h5H,1,6-19H2,2-4H3. The minimum atomic E-state index is -1.89. The summed E-state index contributed by atoms with van der Waals surface area (Å²) in [6.45, 7) is 11.7. The second kappa shape index (κ2) is 16.8. The molecule has 5 heteroatoms. The molecule has 0 amide bonds. The fraction of sp³-hybridized carbons (Fsp3) is 0.850. The monoisotopic (exact) mass is 372 g/mol. The molecule has 0 atom stereocenters. The van der Waals surface area contributed by atoms with Crippen molar-refractivity contribution in [1.82, 2.24) is 0 Å². The zero-order chi connectivity index (χ0) is 18.8. The van der Waals surface area contributed by atoms with Gasteiger partial charge in [0.2, 0.25) is 0 Å². The minimum absolute atomic E-state index is 0.314. The van der Waals surface area contributed by atoms with Gasteiger partial charge in [0.1, 0.15) is 0 Å². The maximum absolute atomic E-state index is 10.9. The Morgan fingerprint density at radius 3 is 1.72 bits per heavy atom. The number of esters is 1. The van der Waals surface area contributed by atoms with E-state index in [0.717, 1.165) is 32.1 Å². The van der Waals surface area contributed by atoms with Crippen molar-refractivity contribution in [2.75, 3.05) is 19.8 Å². The van der Waals surface area contributed by atoms with E-state index in [0.29, 0.717) is 6.61 Å². The van der Waals surface area contributed by atoms with Crippen LogP contribution < -0.4 is 0 Å². The summed E-state index contributed by atoms with van der Waals surface area (Å²) in [6.07, 6.45) is 13.7. The first-order valence-electron chi connectivity index (χ1n) is 10.1.